The van der Waals surface area contributed by atoms with Crippen molar-refractivity contribution in [2.45, 2.75) is 6.92 Å². The van der Waals surface area contributed by atoms with Crippen molar-refractivity contribution >= 4 is 11.0 Å². The summed E-state index contributed by atoms with van der Waals surface area (Å²) in [5.74, 6) is 3.70. The molecule has 0 spiro atoms. The van der Waals surface area contributed by atoms with Gasteiger partial charge in [-0.3, -0.25) is 4.79 Å². The number of hydrogen-bond acceptors (Lipinski definition) is 3. The number of benzene rings is 1. The third-order valence-electron chi connectivity index (χ3n) is 3.09. The molecular formula is C16H13N3O2. The molecule has 1 aromatic carbocycles. The lowest BCUT2D eigenvalue weighted by molar-refractivity contribution is 0.415. The Labute approximate surface area is 121 Å². The summed E-state index contributed by atoms with van der Waals surface area (Å²) in [6.45, 7) is 1.88. The van der Waals surface area contributed by atoms with Crippen LogP contribution in [0.3, 0.4) is 0 Å². The van der Waals surface area contributed by atoms with Gasteiger partial charge < -0.3 is 9.72 Å². The zero-order chi connectivity index (χ0) is 14.8. The van der Waals surface area contributed by atoms with Crippen molar-refractivity contribution in [3.8, 4) is 17.7 Å². The van der Waals surface area contributed by atoms with E-state index in [0.717, 1.165) is 17.0 Å². The molecule has 0 atom stereocenters. The van der Waals surface area contributed by atoms with Gasteiger partial charge in [-0.1, -0.05) is 0 Å². The maximum Gasteiger partial charge on any atom is 0.274 e. The highest BCUT2D eigenvalue weighted by Crippen LogP contribution is 2.10. The summed E-state index contributed by atoms with van der Waals surface area (Å²) < 4.78 is 6.38. The summed E-state index contributed by atoms with van der Waals surface area (Å²) in [7, 11) is 1.61. The van der Waals surface area contributed by atoms with E-state index in [0.29, 0.717) is 11.0 Å². The molecule has 2 aromatic heterocycles. The normalized spacial score (nSPS) is 10.2. The van der Waals surface area contributed by atoms with E-state index in [-0.39, 0.29) is 5.56 Å². The van der Waals surface area contributed by atoms with E-state index in [4.69, 9.17) is 4.74 Å². The van der Waals surface area contributed by atoms with Crippen LogP contribution in [0.25, 0.3) is 11.0 Å². The van der Waals surface area contributed by atoms with Gasteiger partial charge in [0, 0.05) is 17.3 Å². The van der Waals surface area contributed by atoms with Gasteiger partial charge >= 0.3 is 0 Å². The number of aromatic nitrogens is 3. The fourth-order valence-electron chi connectivity index (χ4n) is 2.02. The van der Waals surface area contributed by atoms with Crippen LogP contribution in [-0.2, 0) is 0 Å². The van der Waals surface area contributed by atoms with Crippen LogP contribution >= 0.6 is 0 Å². The standard InChI is InChI=1S/C16H13N3O2/c1-11-9-14-15(18-11)17-10-19(16(14)20)8-7-12-3-5-13(21-2)6-4-12/h3-6,9-10,18H,1-2H3. The first kappa shape index (κ1) is 13.0. The molecule has 5 nitrogen and oxygen atoms in total. The Hall–Kier alpha value is -3.00. The fourth-order valence-corrected chi connectivity index (χ4v) is 2.02. The second kappa shape index (κ2) is 5.17. The zero-order valence-electron chi connectivity index (χ0n) is 11.7. The monoisotopic (exact) mass is 279 g/mol. The Morgan fingerprint density at radius 3 is 2.76 bits per heavy atom. The van der Waals surface area contributed by atoms with E-state index in [1.165, 1.54) is 10.9 Å². The molecule has 0 unspecified atom stereocenters. The van der Waals surface area contributed by atoms with Gasteiger partial charge in [0.05, 0.1) is 12.5 Å². The number of ether oxygens (including phenoxy) is 1. The SMILES string of the molecule is COc1ccc(C#Cn2cnc3[nH]c(C)cc3c2=O)cc1. The number of aromatic amines is 1. The molecule has 0 amide bonds. The molecule has 1 N–H and O–H groups in total. The highest BCUT2D eigenvalue weighted by Gasteiger charge is 2.04. The molecule has 0 saturated carbocycles. The van der Waals surface area contributed by atoms with Crippen LogP contribution in [0.4, 0.5) is 0 Å². The molecule has 5 heteroatoms. The smallest absolute Gasteiger partial charge is 0.274 e. The molecule has 0 fully saturated rings. The molecule has 0 radical (unpaired) electrons. The molecule has 104 valence electrons. The summed E-state index contributed by atoms with van der Waals surface area (Å²) in [4.78, 5) is 19.5. The van der Waals surface area contributed by atoms with E-state index in [1.807, 2.05) is 31.2 Å². The molecule has 3 aromatic rings. The highest BCUT2D eigenvalue weighted by molar-refractivity contribution is 5.75. The summed E-state index contributed by atoms with van der Waals surface area (Å²) >= 11 is 0. The van der Waals surface area contributed by atoms with Crippen molar-refractivity contribution in [2.75, 3.05) is 7.11 Å². The zero-order valence-corrected chi connectivity index (χ0v) is 11.7. The molecule has 0 aliphatic heterocycles. The maximum absolute atomic E-state index is 12.2. The van der Waals surface area contributed by atoms with Gasteiger partial charge in [-0.2, -0.15) is 0 Å². The van der Waals surface area contributed by atoms with Crippen molar-refractivity contribution in [2.24, 2.45) is 0 Å². The van der Waals surface area contributed by atoms with Gasteiger partial charge in [0.25, 0.3) is 5.56 Å². The van der Waals surface area contributed by atoms with Crippen LogP contribution < -0.4 is 10.3 Å². The molecule has 21 heavy (non-hydrogen) atoms. The number of fused-ring (bicyclic) bond motifs is 1. The largest absolute Gasteiger partial charge is 0.497 e. The molecule has 0 aliphatic carbocycles. The average molecular weight is 279 g/mol. The average Bonchev–Trinajstić information content (AvgIpc) is 2.89. The van der Waals surface area contributed by atoms with E-state index < -0.39 is 0 Å². The van der Waals surface area contributed by atoms with Crippen molar-refractivity contribution in [3.63, 3.8) is 0 Å². The minimum Gasteiger partial charge on any atom is -0.497 e. The third-order valence-corrected chi connectivity index (χ3v) is 3.09. The molecule has 0 saturated heterocycles. The Bertz CT molecular complexity index is 909. The van der Waals surface area contributed by atoms with E-state index in [9.17, 15) is 4.79 Å². The van der Waals surface area contributed by atoms with Gasteiger partial charge in [-0.05, 0) is 43.2 Å². The first-order valence-corrected chi connectivity index (χ1v) is 6.40. The first-order valence-electron chi connectivity index (χ1n) is 6.40. The maximum atomic E-state index is 12.2. The predicted molar refractivity (Wildman–Crippen MR) is 80.4 cm³/mol. The minimum absolute atomic E-state index is 0.176. The van der Waals surface area contributed by atoms with Gasteiger partial charge in [0.2, 0.25) is 0 Å². The Balaban J connectivity index is 2.00. The van der Waals surface area contributed by atoms with Gasteiger partial charge in [-0.25, -0.2) is 9.55 Å². The number of methoxy groups -OCH3 is 1. The number of nitrogens with one attached hydrogen (secondary N) is 1. The quantitative estimate of drug-likeness (QED) is 0.692. The minimum atomic E-state index is -0.176. The van der Waals surface area contributed by atoms with Crippen LogP contribution in [0.5, 0.6) is 5.75 Å². The van der Waals surface area contributed by atoms with Gasteiger partial charge in [-0.15, -0.1) is 0 Å². The van der Waals surface area contributed by atoms with E-state index >= 15 is 0 Å². The van der Waals surface area contributed by atoms with Crippen molar-refractivity contribution in [1.29, 1.82) is 0 Å². The summed E-state index contributed by atoms with van der Waals surface area (Å²) in [6.07, 6.45) is 1.43. The second-order valence-electron chi connectivity index (χ2n) is 4.60. The van der Waals surface area contributed by atoms with Gasteiger partial charge in [0.1, 0.15) is 17.7 Å². The lowest BCUT2D eigenvalue weighted by Gasteiger charge is -1.98. The second-order valence-corrected chi connectivity index (χ2v) is 4.60. The fraction of sp³-hybridized carbons (Fsp3) is 0.125. The molecule has 3 rings (SSSR count). The lowest BCUT2D eigenvalue weighted by Crippen LogP contribution is -2.16. The van der Waals surface area contributed by atoms with Crippen molar-refractivity contribution in [3.05, 3.63) is 58.3 Å². The Kier molecular flexibility index (Phi) is 3.20. The summed E-state index contributed by atoms with van der Waals surface area (Å²) in [5, 5.41) is 0.541. The van der Waals surface area contributed by atoms with Crippen LogP contribution in [0.1, 0.15) is 11.3 Å². The number of hydrogen-bond donors (Lipinski definition) is 1. The number of nitrogens with zero attached hydrogens (tertiary/aromatic N) is 2. The topological polar surface area (TPSA) is 59.9 Å². The van der Waals surface area contributed by atoms with Crippen molar-refractivity contribution < 1.29 is 4.74 Å². The number of H-pyrrole nitrogens is 1. The summed E-state index contributed by atoms with van der Waals surface area (Å²) in [6, 6.07) is 11.9. The lowest BCUT2D eigenvalue weighted by atomic mass is 10.2. The predicted octanol–water partition coefficient (Wildman–Crippen LogP) is 1.90. The van der Waals surface area contributed by atoms with Crippen LogP contribution in [-0.4, -0.2) is 21.6 Å². The van der Waals surface area contributed by atoms with Gasteiger partial charge in [0.15, 0.2) is 0 Å². The Morgan fingerprint density at radius 1 is 1.29 bits per heavy atom. The number of aryl methyl sites for hydroxylation is 1. The van der Waals surface area contributed by atoms with Crippen LogP contribution in [0, 0.1) is 18.9 Å². The molecule has 2 heterocycles. The van der Waals surface area contributed by atoms with Crippen LogP contribution in [0.2, 0.25) is 0 Å². The number of rotatable bonds is 1. The van der Waals surface area contributed by atoms with Crippen LogP contribution in [0.15, 0.2) is 41.5 Å². The molecule has 0 aliphatic rings. The third kappa shape index (κ3) is 2.51. The van der Waals surface area contributed by atoms with Crippen molar-refractivity contribution in [1.82, 2.24) is 14.5 Å². The Morgan fingerprint density at radius 2 is 2.05 bits per heavy atom. The molecule has 0 bridgehead atoms. The first-order chi connectivity index (χ1) is 10.2. The summed E-state index contributed by atoms with van der Waals surface area (Å²) in [5.41, 5.74) is 2.11. The molecular weight excluding hydrogens is 266 g/mol. The highest BCUT2D eigenvalue weighted by atomic mass is 16.5. The van der Waals surface area contributed by atoms with E-state index in [2.05, 4.69) is 21.9 Å². The van der Waals surface area contributed by atoms with E-state index in [1.54, 1.807) is 13.2 Å².